The van der Waals surface area contributed by atoms with Gasteiger partial charge in [-0.05, 0) is 25.5 Å². The predicted molar refractivity (Wildman–Crippen MR) is 84.6 cm³/mol. The van der Waals surface area contributed by atoms with Gasteiger partial charge in [-0.15, -0.1) is 0 Å². The van der Waals surface area contributed by atoms with Gasteiger partial charge >= 0.3 is 0 Å². The van der Waals surface area contributed by atoms with Crippen LogP contribution in [0.1, 0.15) is 19.4 Å². The lowest BCUT2D eigenvalue weighted by Crippen LogP contribution is -2.49. The number of rotatable bonds is 4. The summed E-state index contributed by atoms with van der Waals surface area (Å²) in [6, 6.07) is 5.71. The molecule has 20 heavy (non-hydrogen) atoms. The first kappa shape index (κ1) is 15.3. The van der Waals surface area contributed by atoms with Gasteiger partial charge in [0.25, 0.3) is 5.69 Å². The number of halogens is 1. The number of alkyl halides is 1. The minimum absolute atomic E-state index is 0.156. The highest BCUT2D eigenvalue weighted by molar-refractivity contribution is 9.08. The average molecular weight is 342 g/mol. The molecule has 0 amide bonds. The second kappa shape index (κ2) is 6.54. The molecule has 1 aromatic carbocycles. The molecule has 0 unspecified atom stereocenters. The molecule has 0 N–H and O–H groups in total. The number of hydrogen-bond acceptors (Lipinski definition) is 4. The number of hydrogen-bond donors (Lipinski definition) is 0. The molecule has 1 heterocycles. The number of anilines is 1. The molecular formula is C14H20BrN3O2. The molecule has 0 bridgehead atoms. The molecule has 1 aromatic rings. The van der Waals surface area contributed by atoms with E-state index in [4.69, 9.17) is 0 Å². The Hall–Kier alpha value is -1.14. The normalized spacial score (nSPS) is 16.7. The molecule has 0 saturated carbocycles. The van der Waals surface area contributed by atoms with E-state index >= 15 is 0 Å². The average Bonchev–Trinajstić information content (AvgIpc) is 2.46. The molecule has 0 atom stereocenters. The molecule has 1 saturated heterocycles. The van der Waals surface area contributed by atoms with E-state index in [9.17, 15) is 10.1 Å². The Kier molecular flexibility index (Phi) is 4.99. The molecule has 1 fully saturated rings. The van der Waals surface area contributed by atoms with Crippen molar-refractivity contribution in [2.75, 3.05) is 31.1 Å². The summed E-state index contributed by atoms with van der Waals surface area (Å²) in [4.78, 5) is 15.3. The van der Waals surface area contributed by atoms with Gasteiger partial charge in [-0.3, -0.25) is 15.0 Å². The predicted octanol–water partition coefficient (Wildman–Crippen LogP) is 3.02. The number of benzene rings is 1. The van der Waals surface area contributed by atoms with E-state index < -0.39 is 0 Å². The summed E-state index contributed by atoms with van der Waals surface area (Å²) >= 11 is 3.43. The van der Waals surface area contributed by atoms with Crippen LogP contribution in [0.15, 0.2) is 18.2 Å². The smallest absolute Gasteiger partial charge is 0.269 e. The lowest BCUT2D eigenvalue weighted by atomic mass is 10.1. The summed E-state index contributed by atoms with van der Waals surface area (Å²) in [7, 11) is 0. The third-order valence-corrected chi connectivity index (χ3v) is 4.41. The van der Waals surface area contributed by atoms with Crippen LogP contribution in [-0.2, 0) is 5.33 Å². The zero-order valence-corrected chi connectivity index (χ0v) is 13.5. The van der Waals surface area contributed by atoms with Crippen LogP contribution in [0.25, 0.3) is 0 Å². The first-order valence-corrected chi connectivity index (χ1v) is 7.97. The Bertz CT molecular complexity index is 485. The molecule has 1 aliphatic rings. The summed E-state index contributed by atoms with van der Waals surface area (Å²) in [5.74, 6) is 0. The fourth-order valence-corrected chi connectivity index (χ4v) is 3.03. The second-order valence-corrected chi connectivity index (χ2v) is 5.88. The summed E-state index contributed by atoms with van der Waals surface area (Å²) in [6.45, 7) is 8.44. The molecule has 0 radical (unpaired) electrons. The van der Waals surface area contributed by atoms with E-state index in [2.05, 4.69) is 39.6 Å². The van der Waals surface area contributed by atoms with Crippen molar-refractivity contribution in [1.82, 2.24) is 4.90 Å². The van der Waals surface area contributed by atoms with Crippen molar-refractivity contribution < 1.29 is 4.92 Å². The standard InChI is InChI=1S/C14H20BrN3O2/c1-11(2)16-5-7-17(8-6-16)14-4-3-13(18(19)20)9-12(14)10-15/h3-4,9,11H,5-8,10H2,1-2H3. The van der Waals surface area contributed by atoms with Crippen molar-refractivity contribution in [1.29, 1.82) is 0 Å². The SMILES string of the molecule is CC(C)N1CCN(c2ccc([N+](=O)[O-])cc2CBr)CC1. The van der Waals surface area contributed by atoms with Crippen molar-refractivity contribution >= 4 is 27.3 Å². The van der Waals surface area contributed by atoms with Gasteiger partial charge in [-0.1, -0.05) is 15.9 Å². The van der Waals surface area contributed by atoms with Crippen LogP contribution in [0, 0.1) is 10.1 Å². The lowest BCUT2D eigenvalue weighted by Gasteiger charge is -2.38. The van der Waals surface area contributed by atoms with E-state index in [1.54, 1.807) is 12.1 Å². The van der Waals surface area contributed by atoms with Crippen LogP contribution < -0.4 is 4.90 Å². The van der Waals surface area contributed by atoms with Gasteiger partial charge in [0.2, 0.25) is 0 Å². The molecule has 0 aliphatic carbocycles. The first-order valence-electron chi connectivity index (χ1n) is 6.85. The van der Waals surface area contributed by atoms with Crippen LogP contribution in [0.4, 0.5) is 11.4 Å². The van der Waals surface area contributed by atoms with Gasteiger partial charge in [-0.2, -0.15) is 0 Å². The number of nitrogens with zero attached hydrogens (tertiary/aromatic N) is 3. The molecule has 5 nitrogen and oxygen atoms in total. The summed E-state index contributed by atoms with van der Waals surface area (Å²) < 4.78 is 0. The molecule has 1 aliphatic heterocycles. The Morgan fingerprint density at radius 3 is 2.45 bits per heavy atom. The summed E-state index contributed by atoms with van der Waals surface area (Å²) in [5, 5.41) is 11.5. The van der Waals surface area contributed by atoms with E-state index in [-0.39, 0.29) is 10.6 Å². The zero-order valence-electron chi connectivity index (χ0n) is 11.9. The third kappa shape index (κ3) is 3.30. The number of non-ortho nitro benzene ring substituents is 1. The summed E-state index contributed by atoms with van der Waals surface area (Å²) in [6.07, 6.45) is 0. The third-order valence-electron chi connectivity index (χ3n) is 3.80. The molecule has 2 rings (SSSR count). The van der Waals surface area contributed by atoms with Crippen molar-refractivity contribution in [3.05, 3.63) is 33.9 Å². The monoisotopic (exact) mass is 341 g/mol. The highest BCUT2D eigenvalue weighted by atomic mass is 79.9. The van der Waals surface area contributed by atoms with Gasteiger partial charge in [0, 0.05) is 55.4 Å². The van der Waals surface area contributed by atoms with Gasteiger partial charge in [0.15, 0.2) is 0 Å². The van der Waals surface area contributed by atoms with Crippen molar-refractivity contribution in [2.45, 2.75) is 25.2 Å². The van der Waals surface area contributed by atoms with Crippen LogP contribution >= 0.6 is 15.9 Å². The minimum atomic E-state index is -0.341. The maximum atomic E-state index is 10.8. The zero-order chi connectivity index (χ0) is 14.7. The van der Waals surface area contributed by atoms with Crippen LogP contribution in [-0.4, -0.2) is 42.0 Å². The van der Waals surface area contributed by atoms with Gasteiger partial charge in [-0.25, -0.2) is 0 Å². The molecule has 0 spiro atoms. The fraction of sp³-hybridized carbons (Fsp3) is 0.571. The van der Waals surface area contributed by atoms with Crippen molar-refractivity contribution in [3.8, 4) is 0 Å². The molecule has 0 aromatic heterocycles. The maximum Gasteiger partial charge on any atom is 0.269 e. The van der Waals surface area contributed by atoms with Gasteiger partial charge in [0.05, 0.1) is 4.92 Å². The van der Waals surface area contributed by atoms with E-state index in [0.717, 1.165) is 37.4 Å². The van der Waals surface area contributed by atoms with Crippen LogP contribution in [0.3, 0.4) is 0 Å². The quantitative estimate of drug-likeness (QED) is 0.479. The van der Waals surface area contributed by atoms with Crippen LogP contribution in [0.5, 0.6) is 0 Å². The Balaban J connectivity index is 2.15. The molecular weight excluding hydrogens is 322 g/mol. The van der Waals surface area contributed by atoms with Crippen molar-refractivity contribution in [2.24, 2.45) is 0 Å². The first-order chi connectivity index (χ1) is 9.52. The van der Waals surface area contributed by atoms with Gasteiger partial charge in [0.1, 0.15) is 0 Å². The van der Waals surface area contributed by atoms with E-state index in [1.807, 2.05) is 6.07 Å². The highest BCUT2D eigenvalue weighted by Gasteiger charge is 2.21. The van der Waals surface area contributed by atoms with Crippen LogP contribution in [0.2, 0.25) is 0 Å². The Morgan fingerprint density at radius 1 is 1.30 bits per heavy atom. The summed E-state index contributed by atoms with van der Waals surface area (Å²) in [5.41, 5.74) is 2.25. The number of piperazine rings is 1. The topological polar surface area (TPSA) is 49.6 Å². The lowest BCUT2D eigenvalue weighted by molar-refractivity contribution is -0.384. The maximum absolute atomic E-state index is 10.8. The second-order valence-electron chi connectivity index (χ2n) is 5.32. The Labute approximate surface area is 127 Å². The Morgan fingerprint density at radius 2 is 1.95 bits per heavy atom. The number of nitro benzene ring substituents is 1. The molecule has 6 heteroatoms. The highest BCUT2D eigenvalue weighted by Crippen LogP contribution is 2.28. The van der Waals surface area contributed by atoms with E-state index in [0.29, 0.717) is 11.4 Å². The van der Waals surface area contributed by atoms with E-state index in [1.165, 1.54) is 0 Å². The van der Waals surface area contributed by atoms with Gasteiger partial charge < -0.3 is 4.90 Å². The number of nitro groups is 1. The van der Waals surface area contributed by atoms with Crippen molar-refractivity contribution in [3.63, 3.8) is 0 Å². The molecule has 110 valence electrons. The minimum Gasteiger partial charge on any atom is -0.369 e. The largest absolute Gasteiger partial charge is 0.369 e. The fourth-order valence-electron chi connectivity index (χ4n) is 2.58.